The lowest BCUT2D eigenvalue weighted by molar-refractivity contribution is 0.110. The molecule has 18 heavy (non-hydrogen) atoms. The quantitative estimate of drug-likeness (QED) is 0.809. The molecule has 1 aliphatic heterocycles. The van der Waals surface area contributed by atoms with Crippen LogP contribution in [-0.2, 0) is 11.3 Å². The molecule has 1 fully saturated rings. The number of aromatic nitrogens is 2. The third-order valence-electron chi connectivity index (χ3n) is 3.68. The molecule has 0 spiro atoms. The smallest absolute Gasteiger partial charge is 0.0762 e. The van der Waals surface area contributed by atoms with Gasteiger partial charge >= 0.3 is 0 Å². The third-order valence-corrected chi connectivity index (χ3v) is 3.68. The highest BCUT2D eigenvalue weighted by molar-refractivity contribution is 4.99. The second-order valence-corrected chi connectivity index (χ2v) is 5.02. The van der Waals surface area contributed by atoms with Crippen LogP contribution in [0.25, 0.3) is 0 Å². The number of ether oxygens (including phenoxy) is 1. The van der Waals surface area contributed by atoms with Crippen LogP contribution >= 0.6 is 0 Å². The molecule has 1 aromatic rings. The van der Waals surface area contributed by atoms with Crippen LogP contribution in [-0.4, -0.2) is 29.0 Å². The SMILES string of the molecule is CCC(CC)n1ccc(CNCC2CCCO2)n1. The van der Waals surface area contributed by atoms with Gasteiger partial charge in [-0.2, -0.15) is 5.10 Å². The van der Waals surface area contributed by atoms with Gasteiger partial charge < -0.3 is 10.1 Å². The minimum atomic E-state index is 0.408. The van der Waals surface area contributed by atoms with Gasteiger partial charge in [0.25, 0.3) is 0 Å². The molecule has 0 saturated carbocycles. The van der Waals surface area contributed by atoms with Gasteiger partial charge in [0.2, 0.25) is 0 Å². The Labute approximate surface area is 110 Å². The maximum atomic E-state index is 5.58. The van der Waals surface area contributed by atoms with Crippen molar-refractivity contribution in [1.82, 2.24) is 15.1 Å². The van der Waals surface area contributed by atoms with Gasteiger partial charge in [0, 0.05) is 25.9 Å². The van der Waals surface area contributed by atoms with Crippen molar-refractivity contribution in [3.05, 3.63) is 18.0 Å². The van der Waals surface area contributed by atoms with Crippen molar-refractivity contribution in [2.24, 2.45) is 0 Å². The van der Waals surface area contributed by atoms with E-state index in [0.29, 0.717) is 12.1 Å². The predicted molar refractivity (Wildman–Crippen MR) is 72.5 cm³/mol. The van der Waals surface area contributed by atoms with Gasteiger partial charge in [0.1, 0.15) is 0 Å². The first-order valence-electron chi connectivity index (χ1n) is 7.19. The summed E-state index contributed by atoms with van der Waals surface area (Å²) in [5.41, 5.74) is 1.12. The molecule has 1 atom stereocenters. The lowest BCUT2D eigenvalue weighted by atomic mass is 10.2. The first kappa shape index (κ1) is 13.6. The number of nitrogens with zero attached hydrogens (tertiary/aromatic N) is 2. The molecule has 1 N–H and O–H groups in total. The van der Waals surface area contributed by atoms with Crippen LogP contribution < -0.4 is 5.32 Å². The molecule has 0 radical (unpaired) electrons. The fraction of sp³-hybridized carbons (Fsp3) is 0.786. The Morgan fingerprint density at radius 2 is 2.33 bits per heavy atom. The molecular weight excluding hydrogens is 226 g/mol. The van der Waals surface area contributed by atoms with Crippen molar-refractivity contribution in [3.8, 4) is 0 Å². The largest absolute Gasteiger partial charge is 0.377 e. The molecule has 0 amide bonds. The molecule has 1 aliphatic rings. The zero-order valence-corrected chi connectivity index (χ0v) is 11.6. The van der Waals surface area contributed by atoms with Crippen LogP contribution in [0.1, 0.15) is 51.3 Å². The van der Waals surface area contributed by atoms with Crippen LogP contribution in [0.2, 0.25) is 0 Å². The van der Waals surface area contributed by atoms with Gasteiger partial charge in [-0.3, -0.25) is 4.68 Å². The summed E-state index contributed by atoms with van der Waals surface area (Å²) in [5, 5.41) is 8.06. The van der Waals surface area contributed by atoms with Crippen molar-refractivity contribution in [3.63, 3.8) is 0 Å². The summed E-state index contributed by atoms with van der Waals surface area (Å²) in [6.07, 6.45) is 7.18. The lowest BCUT2D eigenvalue weighted by Crippen LogP contribution is -2.26. The highest BCUT2D eigenvalue weighted by Crippen LogP contribution is 2.14. The zero-order valence-electron chi connectivity index (χ0n) is 11.6. The topological polar surface area (TPSA) is 39.1 Å². The molecule has 0 aliphatic carbocycles. The monoisotopic (exact) mass is 251 g/mol. The summed E-state index contributed by atoms with van der Waals surface area (Å²) in [6.45, 7) is 7.14. The molecule has 1 aromatic heterocycles. The summed E-state index contributed by atoms with van der Waals surface area (Å²) in [7, 11) is 0. The van der Waals surface area contributed by atoms with Crippen molar-refractivity contribution in [1.29, 1.82) is 0 Å². The summed E-state index contributed by atoms with van der Waals surface area (Å²) in [5.74, 6) is 0. The van der Waals surface area contributed by atoms with Crippen molar-refractivity contribution in [2.45, 2.75) is 58.2 Å². The predicted octanol–water partition coefficient (Wildman–Crippen LogP) is 2.51. The molecule has 1 unspecified atom stereocenters. The number of nitrogens with one attached hydrogen (secondary N) is 1. The highest BCUT2D eigenvalue weighted by Gasteiger charge is 2.14. The fourth-order valence-electron chi connectivity index (χ4n) is 2.50. The number of hydrogen-bond acceptors (Lipinski definition) is 3. The Morgan fingerprint density at radius 1 is 1.50 bits per heavy atom. The van der Waals surface area contributed by atoms with E-state index in [1.807, 2.05) is 0 Å². The van der Waals surface area contributed by atoms with E-state index in [9.17, 15) is 0 Å². The fourth-order valence-corrected chi connectivity index (χ4v) is 2.50. The number of hydrogen-bond donors (Lipinski definition) is 1. The van der Waals surface area contributed by atoms with Crippen molar-refractivity contribution < 1.29 is 4.74 Å². The second-order valence-electron chi connectivity index (χ2n) is 5.02. The maximum Gasteiger partial charge on any atom is 0.0762 e. The third kappa shape index (κ3) is 3.56. The normalized spacial score (nSPS) is 19.8. The first-order chi connectivity index (χ1) is 8.83. The van der Waals surface area contributed by atoms with Gasteiger partial charge in [-0.25, -0.2) is 0 Å². The molecule has 0 aromatic carbocycles. The van der Waals surface area contributed by atoms with E-state index in [1.165, 1.54) is 12.8 Å². The first-order valence-corrected chi connectivity index (χ1v) is 7.19. The Bertz CT molecular complexity index is 341. The second kappa shape index (κ2) is 6.90. The minimum absolute atomic E-state index is 0.408. The molecule has 4 heteroatoms. The summed E-state index contributed by atoms with van der Waals surface area (Å²) < 4.78 is 7.68. The van der Waals surface area contributed by atoms with E-state index in [2.05, 4.69) is 41.2 Å². The van der Waals surface area contributed by atoms with Crippen LogP contribution in [0.3, 0.4) is 0 Å². The molecule has 2 heterocycles. The van der Waals surface area contributed by atoms with E-state index in [4.69, 9.17) is 4.74 Å². The van der Waals surface area contributed by atoms with Crippen molar-refractivity contribution in [2.75, 3.05) is 13.2 Å². The Morgan fingerprint density at radius 3 is 3.00 bits per heavy atom. The molecular formula is C14H25N3O. The van der Waals surface area contributed by atoms with Crippen LogP contribution in [0.15, 0.2) is 12.3 Å². The lowest BCUT2D eigenvalue weighted by Gasteiger charge is -2.12. The van der Waals surface area contributed by atoms with Gasteiger partial charge in [-0.05, 0) is 31.7 Å². The van der Waals surface area contributed by atoms with Crippen molar-refractivity contribution >= 4 is 0 Å². The van der Waals surface area contributed by atoms with Gasteiger partial charge in [0.05, 0.1) is 17.8 Å². The standard InChI is InChI=1S/C14H25N3O/c1-3-13(4-2)17-8-7-12(16-17)10-15-11-14-6-5-9-18-14/h7-8,13-15H,3-6,9-11H2,1-2H3. The Kier molecular flexibility index (Phi) is 5.20. The summed E-state index contributed by atoms with van der Waals surface area (Å²) in [4.78, 5) is 0. The van der Waals surface area contributed by atoms with E-state index < -0.39 is 0 Å². The molecule has 4 nitrogen and oxygen atoms in total. The minimum Gasteiger partial charge on any atom is -0.377 e. The van der Waals surface area contributed by atoms with E-state index >= 15 is 0 Å². The van der Waals surface area contributed by atoms with Gasteiger partial charge in [-0.15, -0.1) is 0 Å². The average Bonchev–Trinajstić information content (AvgIpc) is 3.03. The average molecular weight is 251 g/mol. The van der Waals surface area contributed by atoms with E-state index in [-0.39, 0.29) is 0 Å². The van der Waals surface area contributed by atoms with Crippen LogP contribution in [0.5, 0.6) is 0 Å². The molecule has 0 bridgehead atoms. The van der Waals surface area contributed by atoms with Gasteiger partial charge in [0.15, 0.2) is 0 Å². The Balaban J connectivity index is 1.75. The van der Waals surface area contributed by atoms with E-state index in [0.717, 1.165) is 38.2 Å². The van der Waals surface area contributed by atoms with Crippen LogP contribution in [0, 0.1) is 0 Å². The molecule has 102 valence electrons. The summed E-state index contributed by atoms with van der Waals surface area (Å²) >= 11 is 0. The highest BCUT2D eigenvalue weighted by atomic mass is 16.5. The van der Waals surface area contributed by atoms with Gasteiger partial charge in [-0.1, -0.05) is 13.8 Å². The molecule has 2 rings (SSSR count). The number of rotatable bonds is 7. The Hall–Kier alpha value is -0.870. The zero-order chi connectivity index (χ0) is 12.8. The van der Waals surface area contributed by atoms with Crippen LogP contribution in [0.4, 0.5) is 0 Å². The maximum absolute atomic E-state index is 5.58. The summed E-state index contributed by atoms with van der Waals surface area (Å²) in [6, 6.07) is 2.65. The molecule has 1 saturated heterocycles. The van der Waals surface area contributed by atoms with E-state index in [1.54, 1.807) is 0 Å².